The van der Waals surface area contributed by atoms with Crippen molar-refractivity contribution < 1.29 is 4.79 Å². The summed E-state index contributed by atoms with van der Waals surface area (Å²) in [6, 6.07) is 9.15. The number of anilines is 1. The van der Waals surface area contributed by atoms with Gasteiger partial charge in [-0.3, -0.25) is 9.48 Å². The lowest BCUT2D eigenvalue weighted by Crippen LogP contribution is -2.40. The second kappa shape index (κ2) is 7.04. The Morgan fingerprint density at radius 1 is 1.43 bits per heavy atom. The highest BCUT2D eigenvalue weighted by Gasteiger charge is 2.19. The van der Waals surface area contributed by atoms with Crippen LogP contribution in [0.1, 0.15) is 25.8 Å². The van der Waals surface area contributed by atoms with Crippen molar-refractivity contribution in [2.45, 2.75) is 32.9 Å². The molecule has 1 unspecified atom stereocenters. The average Bonchev–Trinajstić information content (AvgIpc) is 2.98. The third kappa shape index (κ3) is 4.16. The topological polar surface area (TPSA) is 72.9 Å². The zero-order valence-corrected chi connectivity index (χ0v) is 12.5. The van der Waals surface area contributed by atoms with Crippen molar-refractivity contribution in [1.29, 1.82) is 0 Å². The summed E-state index contributed by atoms with van der Waals surface area (Å²) in [6.45, 7) is 4.69. The Bertz CT molecular complexity index is 580. The van der Waals surface area contributed by atoms with Crippen molar-refractivity contribution in [2.24, 2.45) is 11.7 Å². The number of amides is 1. The molecule has 21 heavy (non-hydrogen) atoms. The lowest BCUT2D eigenvalue weighted by molar-refractivity contribution is -0.118. The molecule has 5 heteroatoms. The monoisotopic (exact) mass is 286 g/mol. The highest BCUT2D eigenvalue weighted by molar-refractivity contribution is 5.94. The van der Waals surface area contributed by atoms with Gasteiger partial charge in [-0.25, -0.2) is 0 Å². The lowest BCUT2D eigenvalue weighted by Gasteiger charge is -2.18. The van der Waals surface area contributed by atoms with Gasteiger partial charge >= 0.3 is 0 Å². The zero-order valence-electron chi connectivity index (χ0n) is 12.5. The number of benzene rings is 1. The molecule has 3 N–H and O–H groups in total. The van der Waals surface area contributed by atoms with Crippen LogP contribution in [0, 0.1) is 5.92 Å². The normalized spacial score (nSPS) is 13.7. The first-order chi connectivity index (χ1) is 10.1. The minimum absolute atomic E-state index is 0.138. The Morgan fingerprint density at radius 2 is 2.24 bits per heavy atom. The molecule has 2 aromatic rings. The van der Waals surface area contributed by atoms with E-state index in [9.17, 15) is 4.79 Å². The van der Waals surface area contributed by atoms with E-state index in [1.807, 2.05) is 55.1 Å². The number of carbonyl (C=O) groups is 1. The molecule has 1 aromatic heterocycles. The van der Waals surface area contributed by atoms with Crippen molar-refractivity contribution in [2.75, 3.05) is 5.32 Å². The highest BCUT2D eigenvalue weighted by Crippen LogP contribution is 2.14. The quantitative estimate of drug-likeness (QED) is 0.855. The van der Waals surface area contributed by atoms with Crippen LogP contribution in [0.3, 0.4) is 0 Å². The van der Waals surface area contributed by atoms with E-state index in [0.717, 1.165) is 17.7 Å². The Kier molecular flexibility index (Phi) is 5.11. The predicted molar refractivity (Wildman–Crippen MR) is 83.8 cm³/mol. The number of nitrogens with zero attached hydrogens (tertiary/aromatic N) is 2. The molecule has 5 nitrogen and oxygen atoms in total. The van der Waals surface area contributed by atoms with Gasteiger partial charge in [0.1, 0.15) is 0 Å². The molecule has 112 valence electrons. The second-order valence-corrected chi connectivity index (χ2v) is 5.30. The summed E-state index contributed by atoms with van der Waals surface area (Å²) < 4.78 is 1.84. The summed E-state index contributed by atoms with van der Waals surface area (Å²) in [5, 5.41) is 7.06. The van der Waals surface area contributed by atoms with Crippen molar-refractivity contribution >= 4 is 11.6 Å². The Labute approximate surface area is 125 Å². The maximum atomic E-state index is 12.1. The second-order valence-electron chi connectivity index (χ2n) is 5.30. The Balaban J connectivity index is 2.02. The van der Waals surface area contributed by atoms with Crippen LogP contribution in [0.25, 0.3) is 0 Å². The fraction of sp³-hybridized carbons (Fsp3) is 0.375. The molecular weight excluding hydrogens is 264 g/mol. The smallest absolute Gasteiger partial charge is 0.241 e. The van der Waals surface area contributed by atoms with E-state index in [-0.39, 0.29) is 11.8 Å². The molecule has 0 saturated heterocycles. The van der Waals surface area contributed by atoms with Gasteiger partial charge in [-0.1, -0.05) is 32.4 Å². The van der Waals surface area contributed by atoms with E-state index in [4.69, 9.17) is 5.73 Å². The zero-order chi connectivity index (χ0) is 15.2. The van der Waals surface area contributed by atoms with E-state index in [1.165, 1.54) is 0 Å². The van der Waals surface area contributed by atoms with E-state index in [0.29, 0.717) is 6.54 Å². The maximum Gasteiger partial charge on any atom is 0.241 e. The van der Waals surface area contributed by atoms with E-state index in [2.05, 4.69) is 10.4 Å². The molecule has 0 fully saturated rings. The summed E-state index contributed by atoms with van der Waals surface area (Å²) in [7, 11) is 0. The molecule has 0 aliphatic carbocycles. The van der Waals surface area contributed by atoms with Crippen molar-refractivity contribution in [3.63, 3.8) is 0 Å². The van der Waals surface area contributed by atoms with Crippen LogP contribution in [0.2, 0.25) is 0 Å². The molecule has 0 aliphatic heterocycles. The van der Waals surface area contributed by atoms with E-state index < -0.39 is 6.04 Å². The number of aromatic nitrogens is 2. The van der Waals surface area contributed by atoms with Gasteiger partial charge in [-0.15, -0.1) is 0 Å². The number of hydrogen-bond donors (Lipinski definition) is 2. The number of nitrogens with one attached hydrogen (secondary N) is 1. The minimum Gasteiger partial charge on any atom is -0.325 e. The van der Waals surface area contributed by atoms with Crippen molar-refractivity contribution in [3.05, 3.63) is 48.3 Å². The van der Waals surface area contributed by atoms with Gasteiger partial charge in [0, 0.05) is 18.1 Å². The van der Waals surface area contributed by atoms with Crippen LogP contribution < -0.4 is 11.1 Å². The molecule has 0 saturated carbocycles. The first kappa shape index (κ1) is 15.3. The molecule has 2 rings (SSSR count). The van der Waals surface area contributed by atoms with Gasteiger partial charge in [-0.05, 0) is 29.7 Å². The molecular formula is C16H22N4O. The van der Waals surface area contributed by atoms with E-state index in [1.54, 1.807) is 6.20 Å². The van der Waals surface area contributed by atoms with Crippen molar-refractivity contribution in [3.8, 4) is 0 Å². The molecule has 0 aliphatic rings. The first-order valence-electron chi connectivity index (χ1n) is 7.23. The molecule has 0 bridgehead atoms. The van der Waals surface area contributed by atoms with Crippen LogP contribution in [0.5, 0.6) is 0 Å². The largest absolute Gasteiger partial charge is 0.325 e. The van der Waals surface area contributed by atoms with Gasteiger partial charge in [0.15, 0.2) is 0 Å². The van der Waals surface area contributed by atoms with E-state index >= 15 is 0 Å². The predicted octanol–water partition coefficient (Wildman–Crippen LogP) is 2.24. The number of hydrogen-bond acceptors (Lipinski definition) is 3. The van der Waals surface area contributed by atoms with Crippen molar-refractivity contribution in [1.82, 2.24) is 9.78 Å². The summed E-state index contributed by atoms with van der Waals surface area (Å²) in [5.41, 5.74) is 7.79. The fourth-order valence-corrected chi connectivity index (χ4v) is 2.07. The van der Waals surface area contributed by atoms with Gasteiger partial charge in [0.25, 0.3) is 0 Å². The number of rotatable bonds is 6. The standard InChI is InChI=1S/C16H22N4O/c1-3-12(2)15(17)16(21)19-14-7-4-6-13(10-14)11-20-9-5-8-18-20/h4-10,12,15H,3,11,17H2,1-2H3,(H,19,21)/t12?,15-/m0/s1. The summed E-state index contributed by atoms with van der Waals surface area (Å²) in [6.07, 6.45) is 4.54. The maximum absolute atomic E-state index is 12.1. The third-order valence-electron chi connectivity index (χ3n) is 3.66. The average molecular weight is 286 g/mol. The first-order valence-corrected chi connectivity index (χ1v) is 7.23. The van der Waals surface area contributed by atoms with Gasteiger partial charge < -0.3 is 11.1 Å². The molecule has 2 atom stereocenters. The third-order valence-corrected chi connectivity index (χ3v) is 3.66. The number of carbonyl (C=O) groups excluding carboxylic acids is 1. The lowest BCUT2D eigenvalue weighted by atomic mass is 9.99. The highest BCUT2D eigenvalue weighted by atomic mass is 16.2. The molecule has 1 aromatic carbocycles. The SMILES string of the molecule is CCC(C)[C@H](N)C(=O)Nc1cccc(Cn2cccn2)c1. The van der Waals surface area contributed by atoms with Crippen LogP contribution in [-0.2, 0) is 11.3 Å². The molecule has 1 amide bonds. The van der Waals surface area contributed by atoms with Gasteiger partial charge in [-0.2, -0.15) is 5.10 Å². The molecule has 0 spiro atoms. The minimum atomic E-state index is -0.482. The molecule has 0 radical (unpaired) electrons. The van der Waals surface area contributed by atoms with Crippen LogP contribution in [0.15, 0.2) is 42.7 Å². The Hall–Kier alpha value is -2.14. The van der Waals surface area contributed by atoms with Gasteiger partial charge in [0.05, 0.1) is 12.6 Å². The van der Waals surface area contributed by atoms with Crippen LogP contribution >= 0.6 is 0 Å². The number of nitrogens with two attached hydrogens (primary N) is 1. The fourth-order valence-electron chi connectivity index (χ4n) is 2.07. The summed E-state index contributed by atoms with van der Waals surface area (Å²) in [5.74, 6) is 0.0258. The Morgan fingerprint density at radius 3 is 2.90 bits per heavy atom. The molecule has 1 heterocycles. The summed E-state index contributed by atoms with van der Waals surface area (Å²) >= 11 is 0. The van der Waals surface area contributed by atoms with Gasteiger partial charge in [0.2, 0.25) is 5.91 Å². The van der Waals surface area contributed by atoms with Crippen LogP contribution in [0.4, 0.5) is 5.69 Å². The summed E-state index contributed by atoms with van der Waals surface area (Å²) in [4.78, 5) is 12.1. The van der Waals surface area contributed by atoms with Crippen LogP contribution in [-0.4, -0.2) is 21.7 Å².